The maximum atomic E-state index is 12.3. The third-order valence-corrected chi connectivity index (χ3v) is 4.67. The van der Waals surface area contributed by atoms with Crippen LogP contribution in [0.5, 0.6) is 5.75 Å². The Balaban J connectivity index is 1.47. The van der Waals surface area contributed by atoms with Gasteiger partial charge in [-0.1, -0.05) is 11.2 Å². The summed E-state index contributed by atoms with van der Waals surface area (Å²) in [6.45, 7) is 2.50. The van der Waals surface area contributed by atoms with Gasteiger partial charge in [0.2, 0.25) is 5.89 Å². The Morgan fingerprint density at radius 3 is 2.63 bits per heavy atom. The summed E-state index contributed by atoms with van der Waals surface area (Å²) in [5, 5.41) is 10.7. The van der Waals surface area contributed by atoms with Gasteiger partial charge in [-0.25, -0.2) is 0 Å². The molecular formula is C21H21N3O3. The summed E-state index contributed by atoms with van der Waals surface area (Å²) in [6, 6.07) is 13.2. The number of nitrogens with one attached hydrogen (secondary N) is 1. The van der Waals surface area contributed by atoms with Gasteiger partial charge in [0.1, 0.15) is 5.75 Å². The molecule has 0 unspecified atom stereocenters. The fourth-order valence-corrected chi connectivity index (χ4v) is 3.30. The van der Waals surface area contributed by atoms with Crippen molar-refractivity contribution < 1.29 is 13.9 Å². The number of benzene rings is 2. The fraction of sp³-hybridized carbons (Fsp3) is 0.286. The van der Waals surface area contributed by atoms with Crippen molar-refractivity contribution in [2.75, 3.05) is 11.9 Å². The molecule has 0 bridgehead atoms. The van der Waals surface area contributed by atoms with Crippen LogP contribution in [0.25, 0.3) is 11.5 Å². The predicted octanol–water partition coefficient (Wildman–Crippen LogP) is 4.27. The van der Waals surface area contributed by atoms with Crippen molar-refractivity contribution >= 4 is 11.9 Å². The first-order chi connectivity index (χ1) is 13.2. The number of aromatic nitrogens is 2. The van der Waals surface area contributed by atoms with E-state index in [1.54, 1.807) is 24.3 Å². The zero-order chi connectivity index (χ0) is 18.6. The molecule has 0 atom stereocenters. The normalized spacial score (nSPS) is 13.1. The second kappa shape index (κ2) is 7.61. The minimum absolute atomic E-state index is 0.0848. The Kier molecular flexibility index (Phi) is 4.87. The highest BCUT2D eigenvalue weighted by atomic mass is 16.5. The molecule has 6 nitrogen and oxygen atoms in total. The molecule has 0 spiro atoms. The third-order valence-electron chi connectivity index (χ3n) is 4.67. The number of hydrogen-bond acceptors (Lipinski definition) is 5. The summed E-state index contributed by atoms with van der Waals surface area (Å²) in [5.74, 6) is 0.825. The lowest BCUT2D eigenvalue weighted by Gasteiger charge is -2.15. The molecule has 27 heavy (non-hydrogen) atoms. The number of amides is 1. The van der Waals surface area contributed by atoms with Crippen molar-refractivity contribution in [3.8, 4) is 17.2 Å². The summed E-state index contributed by atoms with van der Waals surface area (Å²) in [5.41, 5.74) is 4.11. The van der Waals surface area contributed by atoms with Gasteiger partial charge < -0.3 is 9.15 Å². The first-order valence-corrected chi connectivity index (χ1v) is 9.23. The average molecular weight is 363 g/mol. The topological polar surface area (TPSA) is 77.2 Å². The van der Waals surface area contributed by atoms with Gasteiger partial charge in [-0.05, 0) is 80.1 Å². The van der Waals surface area contributed by atoms with Crippen LogP contribution in [-0.4, -0.2) is 22.7 Å². The molecule has 1 N–H and O–H groups in total. The van der Waals surface area contributed by atoms with E-state index in [1.807, 2.05) is 13.0 Å². The summed E-state index contributed by atoms with van der Waals surface area (Å²) in [6.07, 6.45) is 4.67. The number of hydrogen-bond donors (Lipinski definition) is 1. The molecule has 1 amide bonds. The van der Waals surface area contributed by atoms with E-state index in [4.69, 9.17) is 9.15 Å². The van der Waals surface area contributed by atoms with Gasteiger partial charge in [-0.2, -0.15) is 0 Å². The number of carbonyl (C=O) groups excluding carboxylic acids is 1. The van der Waals surface area contributed by atoms with Gasteiger partial charge in [0, 0.05) is 11.1 Å². The SMILES string of the molecule is CCOc1ccc(C(=O)Nc2nnc(-c3ccc4c(c3)CCCC4)o2)cc1. The summed E-state index contributed by atoms with van der Waals surface area (Å²) in [7, 11) is 0. The van der Waals surface area contributed by atoms with E-state index in [2.05, 4.69) is 27.6 Å². The number of fused-ring (bicyclic) bond motifs is 1. The van der Waals surface area contributed by atoms with Crippen LogP contribution in [0.4, 0.5) is 6.01 Å². The largest absolute Gasteiger partial charge is 0.494 e. The van der Waals surface area contributed by atoms with Crippen LogP contribution in [0.2, 0.25) is 0 Å². The van der Waals surface area contributed by atoms with Crippen molar-refractivity contribution in [2.24, 2.45) is 0 Å². The van der Waals surface area contributed by atoms with Crippen LogP contribution < -0.4 is 10.1 Å². The van der Waals surface area contributed by atoms with Crippen LogP contribution in [0.1, 0.15) is 41.3 Å². The second-order valence-electron chi connectivity index (χ2n) is 6.51. The van der Waals surface area contributed by atoms with Gasteiger partial charge in [0.05, 0.1) is 6.61 Å². The Labute approximate surface area is 157 Å². The Bertz CT molecular complexity index is 948. The molecule has 0 saturated carbocycles. The first-order valence-electron chi connectivity index (χ1n) is 9.23. The van der Waals surface area contributed by atoms with Crippen molar-refractivity contribution in [3.63, 3.8) is 0 Å². The number of aryl methyl sites for hydroxylation is 2. The maximum absolute atomic E-state index is 12.3. The average Bonchev–Trinajstić information content (AvgIpc) is 3.17. The highest BCUT2D eigenvalue weighted by molar-refractivity contribution is 6.03. The highest BCUT2D eigenvalue weighted by Crippen LogP contribution is 2.27. The fourth-order valence-electron chi connectivity index (χ4n) is 3.30. The highest BCUT2D eigenvalue weighted by Gasteiger charge is 2.15. The lowest BCUT2D eigenvalue weighted by Crippen LogP contribution is -2.12. The molecule has 0 saturated heterocycles. The van der Waals surface area contributed by atoms with Gasteiger partial charge in [0.25, 0.3) is 5.91 Å². The molecule has 1 aliphatic rings. The molecule has 2 aromatic carbocycles. The molecule has 0 radical (unpaired) electrons. The van der Waals surface area contributed by atoms with E-state index in [0.29, 0.717) is 18.1 Å². The summed E-state index contributed by atoms with van der Waals surface area (Å²) < 4.78 is 11.0. The van der Waals surface area contributed by atoms with E-state index in [-0.39, 0.29) is 11.9 Å². The number of anilines is 1. The number of ether oxygens (including phenoxy) is 1. The number of rotatable bonds is 5. The van der Waals surface area contributed by atoms with Gasteiger partial charge in [-0.15, -0.1) is 5.10 Å². The third kappa shape index (κ3) is 3.84. The first kappa shape index (κ1) is 17.3. The van der Waals surface area contributed by atoms with Crippen molar-refractivity contribution in [1.82, 2.24) is 10.2 Å². The van der Waals surface area contributed by atoms with Crippen molar-refractivity contribution in [2.45, 2.75) is 32.6 Å². The molecule has 3 aromatic rings. The smallest absolute Gasteiger partial charge is 0.322 e. The number of nitrogens with zero attached hydrogens (tertiary/aromatic N) is 2. The molecule has 0 aliphatic heterocycles. The molecule has 4 rings (SSSR count). The second-order valence-corrected chi connectivity index (χ2v) is 6.51. The molecule has 1 aromatic heterocycles. The van der Waals surface area contributed by atoms with Crippen LogP contribution in [-0.2, 0) is 12.8 Å². The molecule has 138 valence electrons. The van der Waals surface area contributed by atoms with Crippen LogP contribution >= 0.6 is 0 Å². The Morgan fingerprint density at radius 2 is 1.85 bits per heavy atom. The molecule has 1 heterocycles. The molecule has 1 aliphatic carbocycles. The van der Waals surface area contributed by atoms with Gasteiger partial charge in [-0.3, -0.25) is 10.1 Å². The van der Waals surface area contributed by atoms with Gasteiger partial charge >= 0.3 is 6.01 Å². The van der Waals surface area contributed by atoms with Gasteiger partial charge in [0.15, 0.2) is 0 Å². The summed E-state index contributed by atoms with van der Waals surface area (Å²) >= 11 is 0. The Morgan fingerprint density at radius 1 is 1.07 bits per heavy atom. The minimum Gasteiger partial charge on any atom is -0.494 e. The van der Waals surface area contributed by atoms with Crippen molar-refractivity contribution in [1.29, 1.82) is 0 Å². The van der Waals surface area contributed by atoms with E-state index in [1.165, 1.54) is 24.0 Å². The quantitative estimate of drug-likeness (QED) is 0.733. The molecule has 6 heteroatoms. The standard InChI is InChI=1S/C21H21N3O3/c1-2-26-18-11-9-15(10-12-18)19(25)22-21-24-23-20(27-21)17-8-7-14-5-3-4-6-16(14)13-17/h7-13H,2-6H2,1H3,(H,22,24,25). The van der Waals surface area contributed by atoms with Crippen LogP contribution in [0.3, 0.4) is 0 Å². The van der Waals surface area contributed by atoms with E-state index >= 15 is 0 Å². The Hall–Kier alpha value is -3.15. The zero-order valence-corrected chi connectivity index (χ0v) is 15.2. The lowest BCUT2D eigenvalue weighted by atomic mass is 9.90. The van der Waals surface area contributed by atoms with Crippen molar-refractivity contribution in [3.05, 3.63) is 59.2 Å². The molecule has 0 fully saturated rings. The minimum atomic E-state index is -0.307. The molecular weight excluding hydrogens is 342 g/mol. The maximum Gasteiger partial charge on any atom is 0.322 e. The number of carbonyl (C=O) groups is 1. The van der Waals surface area contributed by atoms with E-state index in [0.717, 1.165) is 24.2 Å². The van der Waals surface area contributed by atoms with Crippen LogP contribution in [0.15, 0.2) is 46.9 Å². The van der Waals surface area contributed by atoms with Crippen LogP contribution in [0, 0.1) is 0 Å². The lowest BCUT2D eigenvalue weighted by molar-refractivity contribution is 0.102. The van der Waals surface area contributed by atoms with E-state index < -0.39 is 0 Å². The monoisotopic (exact) mass is 363 g/mol. The summed E-state index contributed by atoms with van der Waals surface area (Å²) in [4.78, 5) is 12.3. The predicted molar refractivity (Wildman–Crippen MR) is 102 cm³/mol. The zero-order valence-electron chi connectivity index (χ0n) is 15.2. The van der Waals surface area contributed by atoms with E-state index in [9.17, 15) is 4.79 Å².